The van der Waals surface area contributed by atoms with E-state index in [-0.39, 0.29) is 11.7 Å². The van der Waals surface area contributed by atoms with Gasteiger partial charge in [0.05, 0.1) is 15.7 Å². The zero-order valence-electron chi connectivity index (χ0n) is 18.8. The number of fused-ring (bicyclic) bond motifs is 2. The van der Waals surface area contributed by atoms with Gasteiger partial charge < -0.3 is 19.7 Å². The number of halogens is 1. The van der Waals surface area contributed by atoms with E-state index in [4.69, 9.17) is 0 Å². The summed E-state index contributed by atoms with van der Waals surface area (Å²) >= 11 is 1.54. The van der Waals surface area contributed by atoms with E-state index >= 15 is 0 Å². The Balaban J connectivity index is 1.35. The van der Waals surface area contributed by atoms with Crippen molar-refractivity contribution < 1.29 is 9.18 Å². The Bertz CT molecular complexity index is 1260. The summed E-state index contributed by atoms with van der Waals surface area (Å²) in [5.74, 6) is -0.277. The van der Waals surface area contributed by atoms with E-state index in [1.807, 2.05) is 29.3 Å². The van der Waals surface area contributed by atoms with Crippen LogP contribution in [-0.2, 0) is 6.54 Å². The Morgan fingerprint density at radius 3 is 2.88 bits per heavy atom. The molecule has 0 spiro atoms. The maximum Gasteiger partial charge on any atom is 0.254 e. The van der Waals surface area contributed by atoms with Gasteiger partial charge in [0.15, 0.2) is 0 Å². The van der Waals surface area contributed by atoms with Crippen LogP contribution in [0.15, 0.2) is 48.1 Å². The summed E-state index contributed by atoms with van der Waals surface area (Å²) in [7, 11) is 2.15. The normalized spacial score (nSPS) is 15.5. The van der Waals surface area contributed by atoms with E-state index in [1.54, 1.807) is 11.6 Å². The maximum absolute atomic E-state index is 13.9. The molecule has 1 aliphatic heterocycles. The number of rotatable bonds is 7. The number of H-pyrrole nitrogens is 1. The molecule has 4 aromatic rings. The Hall–Kier alpha value is -2.81. The van der Waals surface area contributed by atoms with Crippen molar-refractivity contribution in [3.8, 4) is 0 Å². The van der Waals surface area contributed by atoms with Crippen LogP contribution in [0.2, 0.25) is 0 Å². The average Bonchev–Trinajstić information content (AvgIpc) is 3.45. The molecular weight excluding hydrogens is 437 g/mol. The molecule has 2 aromatic carbocycles. The van der Waals surface area contributed by atoms with Gasteiger partial charge in [-0.1, -0.05) is 0 Å². The number of hydrogen-bond acceptors (Lipinski definition) is 5. The third-order valence-electron chi connectivity index (χ3n) is 6.45. The summed E-state index contributed by atoms with van der Waals surface area (Å²) in [6.45, 7) is 6.34. The van der Waals surface area contributed by atoms with Crippen molar-refractivity contribution in [2.45, 2.75) is 13.0 Å². The van der Waals surface area contributed by atoms with E-state index in [9.17, 15) is 9.18 Å². The molecule has 0 unspecified atom stereocenters. The molecule has 0 bridgehead atoms. The highest BCUT2D eigenvalue weighted by Crippen LogP contribution is 2.24. The molecule has 0 aliphatic carbocycles. The van der Waals surface area contributed by atoms with Crippen molar-refractivity contribution >= 4 is 38.4 Å². The Morgan fingerprint density at radius 2 is 2.03 bits per heavy atom. The largest absolute Gasteiger partial charge is 0.361 e. The zero-order valence-corrected chi connectivity index (χ0v) is 19.6. The molecule has 2 aromatic heterocycles. The van der Waals surface area contributed by atoms with Gasteiger partial charge in [-0.3, -0.25) is 4.79 Å². The minimum absolute atomic E-state index is 0.00516. The number of aromatic nitrogens is 2. The molecule has 0 radical (unpaired) electrons. The number of nitrogens with zero attached hydrogens (tertiary/aromatic N) is 4. The van der Waals surface area contributed by atoms with Crippen molar-refractivity contribution in [3.05, 3.63) is 65.0 Å². The van der Waals surface area contributed by atoms with Crippen molar-refractivity contribution in [2.75, 3.05) is 46.3 Å². The fraction of sp³-hybridized carbons (Fsp3) is 0.360. The van der Waals surface area contributed by atoms with Crippen molar-refractivity contribution in [1.29, 1.82) is 0 Å². The van der Waals surface area contributed by atoms with E-state index in [1.165, 1.54) is 23.5 Å². The lowest BCUT2D eigenvalue weighted by molar-refractivity contribution is 0.0729. The standard InChI is InChI=1S/C25H28FN5OS/c1-29-9-11-30(12-10-29)7-2-8-31(16-19-15-27-22-6-4-20(26)14-21(19)22)25(32)18-3-5-23-24(13-18)33-17-28-23/h3-6,13-15,17,27H,2,7-12,16H2,1H3. The van der Waals surface area contributed by atoms with Gasteiger partial charge in [-0.2, -0.15) is 0 Å². The van der Waals surface area contributed by atoms with Gasteiger partial charge in [-0.05, 0) is 62.0 Å². The number of likely N-dealkylation sites (N-methyl/N-ethyl adjacent to an activating group) is 1. The van der Waals surface area contributed by atoms with Gasteiger partial charge in [0.1, 0.15) is 5.82 Å². The summed E-state index contributed by atoms with van der Waals surface area (Å²) < 4.78 is 14.9. The van der Waals surface area contributed by atoms with Gasteiger partial charge in [0, 0.05) is 61.9 Å². The first-order valence-electron chi connectivity index (χ1n) is 11.4. The molecule has 6 nitrogen and oxygen atoms in total. The Kier molecular flexibility index (Phi) is 6.39. The van der Waals surface area contributed by atoms with Crippen molar-refractivity contribution in [1.82, 2.24) is 24.7 Å². The van der Waals surface area contributed by atoms with E-state index < -0.39 is 0 Å². The first-order chi connectivity index (χ1) is 16.1. The second kappa shape index (κ2) is 9.59. The Morgan fingerprint density at radius 1 is 1.18 bits per heavy atom. The number of aromatic amines is 1. The minimum atomic E-state index is -0.271. The van der Waals surface area contributed by atoms with Crippen LogP contribution in [0.25, 0.3) is 21.1 Å². The molecule has 1 N–H and O–H groups in total. The molecule has 0 saturated carbocycles. The molecule has 0 atom stereocenters. The number of amides is 1. The Labute approximate surface area is 196 Å². The van der Waals surface area contributed by atoms with Crippen LogP contribution < -0.4 is 0 Å². The number of carbonyl (C=O) groups excluding carboxylic acids is 1. The summed E-state index contributed by atoms with van der Waals surface area (Å²) in [6.07, 6.45) is 2.78. The first-order valence-corrected chi connectivity index (χ1v) is 12.2. The lowest BCUT2D eigenvalue weighted by Gasteiger charge is -2.33. The fourth-order valence-electron chi connectivity index (χ4n) is 4.47. The minimum Gasteiger partial charge on any atom is -0.361 e. The molecule has 172 valence electrons. The van der Waals surface area contributed by atoms with Crippen molar-refractivity contribution in [3.63, 3.8) is 0 Å². The topological polar surface area (TPSA) is 55.5 Å². The number of hydrogen-bond donors (Lipinski definition) is 1. The van der Waals surface area contributed by atoms with E-state index in [0.29, 0.717) is 18.7 Å². The highest BCUT2D eigenvalue weighted by Gasteiger charge is 2.20. The SMILES string of the molecule is CN1CCN(CCCN(Cc2c[nH]c3ccc(F)cc23)C(=O)c2ccc3ncsc3c2)CC1. The van der Waals surface area contributed by atoms with Crippen LogP contribution >= 0.6 is 11.3 Å². The van der Waals surface area contributed by atoms with Crippen LogP contribution in [0.3, 0.4) is 0 Å². The fourth-order valence-corrected chi connectivity index (χ4v) is 5.18. The second-order valence-corrected chi connectivity index (χ2v) is 9.65. The van der Waals surface area contributed by atoms with E-state index in [0.717, 1.165) is 65.8 Å². The molecule has 1 fully saturated rings. The molecule has 1 aliphatic rings. The van der Waals surface area contributed by atoms with Gasteiger partial charge in [0.2, 0.25) is 0 Å². The predicted octanol–water partition coefficient (Wildman–Crippen LogP) is 4.20. The maximum atomic E-state index is 13.9. The number of carbonyl (C=O) groups is 1. The monoisotopic (exact) mass is 465 g/mol. The molecule has 33 heavy (non-hydrogen) atoms. The van der Waals surface area contributed by atoms with E-state index in [2.05, 4.69) is 26.8 Å². The molecule has 1 amide bonds. The molecule has 3 heterocycles. The summed E-state index contributed by atoms with van der Waals surface area (Å²) in [6, 6.07) is 10.4. The quantitative estimate of drug-likeness (QED) is 0.445. The average molecular weight is 466 g/mol. The first kappa shape index (κ1) is 22.0. The number of piperazine rings is 1. The van der Waals surface area contributed by atoms with Crippen LogP contribution in [0.1, 0.15) is 22.3 Å². The van der Waals surface area contributed by atoms with Gasteiger partial charge >= 0.3 is 0 Å². The van der Waals surface area contributed by atoms with Crippen LogP contribution in [0.4, 0.5) is 4.39 Å². The number of benzene rings is 2. The third-order valence-corrected chi connectivity index (χ3v) is 7.25. The summed E-state index contributed by atoms with van der Waals surface area (Å²) in [4.78, 5) is 27.8. The smallest absolute Gasteiger partial charge is 0.254 e. The second-order valence-electron chi connectivity index (χ2n) is 8.76. The van der Waals surface area contributed by atoms with Gasteiger partial charge in [-0.15, -0.1) is 11.3 Å². The third kappa shape index (κ3) is 4.93. The summed E-state index contributed by atoms with van der Waals surface area (Å²) in [5.41, 5.74) is 5.18. The highest BCUT2D eigenvalue weighted by atomic mass is 32.1. The van der Waals surface area contributed by atoms with Gasteiger partial charge in [-0.25, -0.2) is 9.37 Å². The molecular formula is C25H28FN5OS. The number of thiazole rings is 1. The molecule has 1 saturated heterocycles. The van der Waals surface area contributed by atoms with Crippen LogP contribution in [0, 0.1) is 5.82 Å². The summed E-state index contributed by atoms with van der Waals surface area (Å²) in [5, 5.41) is 0.824. The van der Waals surface area contributed by atoms with Crippen LogP contribution in [0.5, 0.6) is 0 Å². The van der Waals surface area contributed by atoms with Gasteiger partial charge in [0.25, 0.3) is 5.91 Å². The predicted molar refractivity (Wildman–Crippen MR) is 131 cm³/mol. The highest BCUT2D eigenvalue weighted by molar-refractivity contribution is 7.16. The molecule has 5 rings (SSSR count). The van der Waals surface area contributed by atoms with Crippen LogP contribution in [-0.4, -0.2) is 76.9 Å². The number of nitrogens with one attached hydrogen (secondary N) is 1. The lowest BCUT2D eigenvalue weighted by atomic mass is 10.1. The molecule has 8 heteroatoms. The van der Waals surface area contributed by atoms with Crippen molar-refractivity contribution in [2.24, 2.45) is 0 Å². The lowest BCUT2D eigenvalue weighted by Crippen LogP contribution is -2.45. The zero-order chi connectivity index (χ0) is 22.8.